The zero-order valence-electron chi connectivity index (χ0n) is 14.4. The predicted octanol–water partition coefficient (Wildman–Crippen LogP) is 0.882. The molecule has 0 radical (unpaired) electrons. The molecule has 140 valence electrons. The summed E-state index contributed by atoms with van der Waals surface area (Å²) >= 11 is 0. The molecule has 0 bridgehead atoms. The number of nitrogens with zero attached hydrogens (tertiary/aromatic N) is 1. The number of sulfone groups is 1. The molecule has 0 aliphatic carbocycles. The lowest BCUT2D eigenvalue weighted by molar-refractivity contribution is 0.0948. The molecule has 1 heterocycles. The summed E-state index contributed by atoms with van der Waals surface area (Å²) in [6, 6.07) is 5.78. The first-order chi connectivity index (χ1) is 11.7. The van der Waals surface area contributed by atoms with E-state index in [4.69, 9.17) is 0 Å². The molecular weight excluding hydrogens is 364 g/mol. The minimum absolute atomic E-state index is 0.0590. The van der Waals surface area contributed by atoms with E-state index in [0.29, 0.717) is 31.6 Å². The molecular formula is C16H24N2O5S2. The fourth-order valence-corrected chi connectivity index (χ4v) is 6.18. The largest absolute Gasteiger partial charge is 0.352 e. The van der Waals surface area contributed by atoms with Crippen LogP contribution in [0.2, 0.25) is 0 Å². The van der Waals surface area contributed by atoms with Crippen molar-refractivity contribution in [2.75, 3.05) is 31.1 Å². The van der Waals surface area contributed by atoms with Crippen molar-refractivity contribution in [3.05, 3.63) is 29.8 Å². The summed E-state index contributed by atoms with van der Waals surface area (Å²) in [6.45, 7) is 4.60. The number of nitrogens with one attached hydrogen (secondary N) is 1. The Kier molecular flexibility index (Phi) is 6.23. The van der Waals surface area contributed by atoms with Crippen LogP contribution in [0.25, 0.3) is 0 Å². The molecule has 7 nitrogen and oxygen atoms in total. The summed E-state index contributed by atoms with van der Waals surface area (Å²) < 4.78 is 49.0. The van der Waals surface area contributed by atoms with Crippen molar-refractivity contribution in [1.82, 2.24) is 9.62 Å². The maximum atomic E-state index is 12.4. The monoisotopic (exact) mass is 388 g/mol. The number of carbonyl (C=O) groups is 1. The van der Waals surface area contributed by atoms with Gasteiger partial charge in [0.1, 0.15) is 0 Å². The van der Waals surface area contributed by atoms with Crippen LogP contribution >= 0.6 is 0 Å². The zero-order valence-corrected chi connectivity index (χ0v) is 16.1. The van der Waals surface area contributed by atoms with E-state index in [9.17, 15) is 21.6 Å². The number of carbonyl (C=O) groups excluding carboxylic acids is 1. The molecule has 25 heavy (non-hydrogen) atoms. The van der Waals surface area contributed by atoms with Crippen LogP contribution in [-0.2, 0) is 19.9 Å². The van der Waals surface area contributed by atoms with Crippen LogP contribution in [-0.4, -0.2) is 58.2 Å². The van der Waals surface area contributed by atoms with Crippen molar-refractivity contribution in [3.8, 4) is 0 Å². The molecule has 0 saturated carbocycles. The van der Waals surface area contributed by atoms with Gasteiger partial charge in [0.15, 0.2) is 9.84 Å². The van der Waals surface area contributed by atoms with Crippen LogP contribution in [0.15, 0.2) is 29.2 Å². The van der Waals surface area contributed by atoms with Gasteiger partial charge in [-0.3, -0.25) is 4.79 Å². The van der Waals surface area contributed by atoms with Crippen LogP contribution in [0.4, 0.5) is 0 Å². The fourth-order valence-electron chi connectivity index (χ4n) is 2.86. The van der Waals surface area contributed by atoms with Gasteiger partial charge in [0.25, 0.3) is 5.91 Å². The topological polar surface area (TPSA) is 101 Å². The van der Waals surface area contributed by atoms with Crippen LogP contribution < -0.4 is 5.32 Å². The van der Waals surface area contributed by atoms with Crippen molar-refractivity contribution < 1.29 is 21.6 Å². The van der Waals surface area contributed by atoms with Crippen LogP contribution in [0, 0.1) is 5.92 Å². The fraction of sp³-hybridized carbons (Fsp3) is 0.562. The van der Waals surface area contributed by atoms with Gasteiger partial charge in [-0.25, -0.2) is 16.8 Å². The smallest absolute Gasteiger partial charge is 0.251 e. The van der Waals surface area contributed by atoms with Gasteiger partial charge in [-0.1, -0.05) is 13.8 Å². The molecule has 1 saturated heterocycles. The van der Waals surface area contributed by atoms with E-state index in [1.165, 1.54) is 28.6 Å². The number of sulfonamides is 1. The van der Waals surface area contributed by atoms with E-state index in [1.807, 2.05) is 0 Å². The molecule has 1 amide bonds. The Morgan fingerprint density at radius 3 is 2.28 bits per heavy atom. The first-order valence-corrected chi connectivity index (χ1v) is 11.5. The molecule has 1 N–H and O–H groups in total. The van der Waals surface area contributed by atoms with Gasteiger partial charge in [0, 0.05) is 25.2 Å². The Morgan fingerprint density at radius 2 is 1.80 bits per heavy atom. The maximum Gasteiger partial charge on any atom is 0.251 e. The Bertz CT molecular complexity index is 813. The number of hydrogen-bond acceptors (Lipinski definition) is 5. The van der Waals surface area contributed by atoms with Crippen molar-refractivity contribution in [2.24, 2.45) is 5.92 Å². The lowest BCUT2D eigenvalue weighted by Gasteiger charge is -2.18. The summed E-state index contributed by atoms with van der Waals surface area (Å²) in [4.78, 5) is 12.3. The molecule has 2 rings (SSSR count). The normalized spacial score (nSPS) is 19.9. The highest BCUT2D eigenvalue weighted by Crippen LogP contribution is 2.18. The van der Waals surface area contributed by atoms with E-state index in [-0.39, 0.29) is 28.2 Å². The average molecular weight is 389 g/mol. The lowest BCUT2D eigenvalue weighted by atomic mass is 10.1. The Hall–Kier alpha value is -1.45. The van der Waals surface area contributed by atoms with Gasteiger partial charge in [-0.15, -0.1) is 0 Å². The van der Waals surface area contributed by atoms with E-state index >= 15 is 0 Å². The molecule has 0 aromatic heterocycles. The van der Waals surface area contributed by atoms with Crippen molar-refractivity contribution >= 4 is 25.8 Å². The molecule has 1 atom stereocenters. The summed E-state index contributed by atoms with van der Waals surface area (Å²) in [7, 11) is -6.51. The van der Waals surface area contributed by atoms with Crippen LogP contribution in [0.3, 0.4) is 0 Å². The second-order valence-corrected chi connectivity index (χ2v) is 10.3. The Labute approximate surface area is 149 Å². The van der Waals surface area contributed by atoms with E-state index in [0.717, 1.165) is 0 Å². The summed E-state index contributed by atoms with van der Waals surface area (Å²) in [6.07, 6.45) is 0.559. The molecule has 1 aliphatic rings. The number of amides is 1. The van der Waals surface area contributed by atoms with Gasteiger partial charge < -0.3 is 5.32 Å². The first-order valence-electron chi connectivity index (χ1n) is 8.28. The molecule has 1 aromatic rings. The maximum absolute atomic E-state index is 12.4. The van der Waals surface area contributed by atoms with E-state index < -0.39 is 19.9 Å². The SMILES string of the molecule is CCN(CC)S(=O)(=O)c1ccc(C(=O)NCC2CCS(=O)(=O)C2)cc1. The predicted molar refractivity (Wildman–Crippen MR) is 95.6 cm³/mol. The minimum atomic E-state index is -3.55. The van der Waals surface area contributed by atoms with Gasteiger partial charge in [-0.2, -0.15) is 4.31 Å². The molecule has 1 aliphatic heterocycles. The molecule has 0 spiro atoms. The van der Waals surface area contributed by atoms with Gasteiger partial charge in [0.2, 0.25) is 10.0 Å². The van der Waals surface area contributed by atoms with Crippen LogP contribution in [0.5, 0.6) is 0 Å². The van der Waals surface area contributed by atoms with Crippen molar-refractivity contribution in [1.29, 1.82) is 0 Å². The molecule has 9 heteroatoms. The second kappa shape index (κ2) is 7.84. The molecule has 1 aromatic carbocycles. The third kappa shape index (κ3) is 4.80. The van der Waals surface area contributed by atoms with Crippen LogP contribution in [0.1, 0.15) is 30.6 Å². The van der Waals surface area contributed by atoms with Gasteiger partial charge in [-0.05, 0) is 36.6 Å². The number of hydrogen-bond donors (Lipinski definition) is 1. The zero-order chi connectivity index (χ0) is 18.7. The summed E-state index contributed by atoms with van der Waals surface area (Å²) in [5, 5.41) is 2.72. The number of benzene rings is 1. The van der Waals surface area contributed by atoms with Gasteiger partial charge >= 0.3 is 0 Å². The third-order valence-corrected chi connectivity index (χ3v) is 8.24. The highest BCUT2D eigenvalue weighted by atomic mass is 32.2. The number of rotatable bonds is 7. The quantitative estimate of drug-likeness (QED) is 0.747. The summed E-state index contributed by atoms with van der Waals surface area (Å²) in [5.74, 6) is -0.118. The standard InChI is InChI=1S/C16H24N2O5S2/c1-3-18(4-2)25(22,23)15-7-5-14(6-8-15)16(19)17-11-13-9-10-24(20,21)12-13/h5-8,13H,3-4,9-12H2,1-2H3,(H,17,19). The minimum Gasteiger partial charge on any atom is -0.352 e. The van der Waals surface area contributed by atoms with Crippen molar-refractivity contribution in [2.45, 2.75) is 25.2 Å². The Balaban J connectivity index is 2.01. The van der Waals surface area contributed by atoms with E-state index in [2.05, 4.69) is 5.32 Å². The lowest BCUT2D eigenvalue weighted by Crippen LogP contribution is -2.31. The van der Waals surface area contributed by atoms with Crippen molar-refractivity contribution in [3.63, 3.8) is 0 Å². The van der Waals surface area contributed by atoms with Gasteiger partial charge in [0.05, 0.1) is 16.4 Å². The average Bonchev–Trinajstić information content (AvgIpc) is 2.92. The van der Waals surface area contributed by atoms with E-state index in [1.54, 1.807) is 13.8 Å². The first kappa shape index (κ1) is 19.9. The highest BCUT2D eigenvalue weighted by Gasteiger charge is 2.28. The summed E-state index contributed by atoms with van der Waals surface area (Å²) in [5.41, 5.74) is 0.347. The highest BCUT2D eigenvalue weighted by molar-refractivity contribution is 7.91. The molecule has 1 unspecified atom stereocenters. The third-order valence-electron chi connectivity index (χ3n) is 4.34. The second-order valence-electron chi connectivity index (χ2n) is 6.09. The molecule has 1 fully saturated rings. The Morgan fingerprint density at radius 1 is 1.20 bits per heavy atom.